The summed E-state index contributed by atoms with van der Waals surface area (Å²) in [5.41, 5.74) is 7.75. The molecule has 3 aromatic carbocycles. The van der Waals surface area contributed by atoms with Crippen LogP contribution in [0.5, 0.6) is 11.5 Å². The summed E-state index contributed by atoms with van der Waals surface area (Å²) in [5.74, 6) is -1.28. The number of carbonyl (C=O) groups is 2. The van der Waals surface area contributed by atoms with E-state index in [2.05, 4.69) is 5.32 Å². The summed E-state index contributed by atoms with van der Waals surface area (Å²) in [7, 11) is 0. The average molecular weight is 508 g/mol. The standard InChI is InChI=1S/C28H27F2N3O4/c29-20-11-19(12-21(30)14-20)28(35)33(24-7-5-22(31)6-8-24)15-17-2-1-3-23(10-17)32-27(34)18-4-9-25-26(13-18)37-16-36-25/h1-4,9-14,22,24H,5-8,15-16,31H2,(H,32,34). The van der Waals surface area contributed by atoms with Crippen molar-refractivity contribution >= 4 is 17.5 Å². The number of rotatable bonds is 6. The molecule has 0 saturated heterocycles. The van der Waals surface area contributed by atoms with Crippen molar-refractivity contribution in [1.29, 1.82) is 0 Å². The van der Waals surface area contributed by atoms with Crippen LogP contribution in [0.25, 0.3) is 0 Å². The third-order valence-electron chi connectivity index (χ3n) is 6.73. The van der Waals surface area contributed by atoms with Crippen LogP contribution in [0, 0.1) is 11.6 Å². The Labute approximate surface area is 213 Å². The molecule has 2 amide bonds. The molecule has 2 aliphatic rings. The van der Waals surface area contributed by atoms with E-state index < -0.39 is 17.5 Å². The fourth-order valence-electron chi connectivity index (χ4n) is 4.81. The Morgan fingerprint density at radius 3 is 2.38 bits per heavy atom. The van der Waals surface area contributed by atoms with E-state index in [0.29, 0.717) is 35.6 Å². The number of carbonyl (C=O) groups excluding carboxylic acids is 2. The van der Waals surface area contributed by atoms with Crippen LogP contribution in [0.1, 0.15) is 52.0 Å². The van der Waals surface area contributed by atoms with Gasteiger partial charge in [0.15, 0.2) is 11.5 Å². The van der Waals surface area contributed by atoms with Crippen molar-refractivity contribution in [2.24, 2.45) is 5.73 Å². The normalized spacial score (nSPS) is 18.4. The van der Waals surface area contributed by atoms with Gasteiger partial charge < -0.3 is 25.4 Å². The Balaban J connectivity index is 1.36. The molecule has 1 aliphatic carbocycles. The maximum absolute atomic E-state index is 13.9. The monoisotopic (exact) mass is 507 g/mol. The van der Waals surface area contributed by atoms with E-state index >= 15 is 0 Å². The Morgan fingerprint density at radius 2 is 1.62 bits per heavy atom. The van der Waals surface area contributed by atoms with E-state index in [9.17, 15) is 18.4 Å². The van der Waals surface area contributed by atoms with Gasteiger partial charge in [0.1, 0.15) is 11.6 Å². The zero-order chi connectivity index (χ0) is 25.9. The largest absolute Gasteiger partial charge is 0.454 e. The number of hydrogen-bond donors (Lipinski definition) is 2. The van der Waals surface area contributed by atoms with Crippen LogP contribution in [0.2, 0.25) is 0 Å². The van der Waals surface area contributed by atoms with E-state index in [0.717, 1.165) is 36.6 Å². The van der Waals surface area contributed by atoms with Crippen molar-refractivity contribution in [3.63, 3.8) is 0 Å². The second-order valence-electron chi connectivity index (χ2n) is 9.38. The molecule has 3 N–H and O–H groups in total. The second kappa shape index (κ2) is 10.6. The molecule has 1 aliphatic heterocycles. The van der Waals surface area contributed by atoms with Crippen LogP contribution in [-0.4, -0.2) is 35.6 Å². The Bertz CT molecular complexity index is 1300. The highest BCUT2D eigenvalue weighted by molar-refractivity contribution is 6.04. The molecule has 0 radical (unpaired) electrons. The topological polar surface area (TPSA) is 93.9 Å². The maximum atomic E-state index is 13.9. The van der Waals surface area contributed by atoms with Gasteiger partial charge in [0.25, 0.3) is 11.8 Å². The number of nitrogens with one attached hydrogen (secondary N) is 1. The lowest BCUT2D eigenvalue weighted by Crippen LogP contribution is -2.44. The number of nitrogens with zero attached hydrogens (tertiary/aromatic N) is 1. The minimum absolute atomic E-state index is 0.0420. The zero-order valence-corrected chi connectivity index (χ0v) is 20.1. The fraction of sp³-hybridized carbons (Fsp3) is 0.286. The lowest BCUT2D eigenvalue weighted by Gasteiger charge is -2.36. The molecule has 37 heavy (non-hydrogen) atoms. The van der Waals surface area contributed by atoms with Crippen LogP contribution in [-0.2, 0) is 6.54 Å². The fourth-order valence-corrected chi connectivity index (χ4v) is 4.81. The molecule has 7 nitrogen and oxygen atoms in total. The lowest BCUT2D eigenvalue weighted by atomic mass is 9.90. The van der Waals surface area contributed by atoms with Gasteiger partial charge in [0, 0.05) is 41.5 Å². The number of fused-ring (bicyclic) bond motifs is 1. The predicted octanol–water partition coefficient (Wildman–Crippen LogP) is 4.86. The molecule has 192 valence electrons. The van der Waals surface area contributed by atoms with Crippen molar-refractivity contribution in [3.8, 4) is 11.5 Å². The molecule has 9 heteroatoms. The molecule has 0 atom stereocenters. The van der Waals surface area contributed by atoms with E-state index in [1.54, 1.807) is 41.3 Å². The molecule has 0 bridgehead atoms. The summed E-state index contributed by atoms with van der Waals surface area (Å²) in [6, 6.07) is 14.9. The number of anilines is 1. The highest BCUT2D eigenvalue weighted by Crippen LogP contribution is 2.33. The highest BCUT2D eigenvalue weighted by atomic mass is 19.1. The minimum atomic E-state index is -0.804. The number of nitrogens with two attached hydrogens (primary N) is 1. The van der Waals surface area contributed by atoms with E-state index in [1.807, 2.05) is 6.07 Å². The number of halogens is 2. The predicted molar refractivity (Wildman–Crippen MR) is 133 cm³/mol. The number of amides is 2. The summed E-state index contributed by atoms with van der Waals surface area (Å²) >= 11 is 0. The Morgan fingerprint density at radius 1 is 0.892 bits per heavy atom. The van der Waals surface area contributed by atoms with E-state index in [-0.39, 0.29) is 36.9 Å². The molecule has 1 fully saturated rings. The van der Waals surface area contributed by atoms with Crippen molar-refractivity contribution < 1.29 is 27.8 Å². The summed E-state index contributed by atoms with van der Waals surface area (Å²) in [6.45, 7) is 0.331. The highest BCUT2D eigenvalue weighted by Gasteiger charge is 2.29. The number of benzene rings is 3. The zero-order valence-electron chi connectivity index (χ0n) is 20.1. The number of ether oxygens (including phenoxy) is 2. The molecule has 0 aromatic heterocycles. The van der Waals surface area contributed by atoms with Gasteiger partial charge in [-0.05, 0) is 73.7 Å². The molecule has 1 saturated carbocycles. The van der Waals surface area contributed by atoms with Gasteiger partial charge in [0.05, 0.1) is 0 Å². The summed E-state index contributed by atoms with van der Waals surface area (Å²) in [5, 5.41) is 2.87. The van der Waals surface area contributed by atoms with Crippen molar-refractivity contribution in [1.82, 2.24) is 4.90 Å². The average Bonchev–Trinajstić information content (AvgIpc) is 3.35. The summed E-state index contributed by atoms with van der Waals surface area (Å²) in [4.78, 5) is 27.9. The van der Waals surface area contributed by atoms with Gasteiger partial charge in [-0.15, -0.1) is 0 Å². The van der Waals surface area contributed by atoms with Crippen LogP contribution < -0.4 is 20.5 Å². The molecule has 1 heterocycles. The third-order valence-corrected chi connectivity index (χ3v) is 6.73. The summed E-state index contributed by atoms with van der Waals surface area (Å²) < 4.78 is 38.4. The molecular formula is C28H27F2N3O4. The van der Waals surface area contributed by atoms with Gasteiger partial charge in [-0.3, -0.25) is 9.59 Å². The smallest absolute Gasteiger partial charge is 0.255 e. The van der Waals surface area contributed by atoms with Gasteiger partial charge in [0.2, 0.25) is 6.79 Å². The van der Waals surface area contributed by atoms with Crippen molar-refractivity contribution in [2.45, 2.75) is 44.3 Å². The van der Waals surface area contributed by atoms with Gasteiger partial charge in [-0.2, -0.15) is 0 Å². The van der Waals surface area contributed by atoms with Crippen LogP contribution in [0.4, 0.5) is 14.5 Å². The summed E-state index contributed by atoms with van der Waals surface area (Å²) in [6.07, 6.45) is 2.92. The minimum Gasteiger partial charge on any atom is -0.454 e. The Kier molecular flexibility index (Phi) is 7.05. The molecule has 5 rings (SSSR count). The van der Waals surface area contributed by atoms with Crippen LogP contribution >= 0.6 is 0 Å². The van der Waals surface area contributed by atoms with Crippen molar-refractivity contribution in [3.05, 3.63) is 89.0 Å². The van der Waals surface area contributed by atoms with Gasteiger partial charge in [-0.1, -0.05) is 12.1 Å². The molecule has 0 spiro atoms. The van der Waals surface area contributed by atoms with Gasteiger partial charge in [-0.25, -0.2) is 8.78 Å². The first-order chi connectivity index (χ1) is 17.9. The SMILES string of the molecule is NC1CCC(N(Cc2cccc(NC(=O)c3ccc4c(c3)OCO4)c2)C(=O)c2cc(F)cc(F)c2)CC1. The quantitative estimate of drug-likeness (QED) is 0.497. The van der Waals surface area contributed by atoms with Crippen molar-refractivity contribution in [2.75, 3.05) is 12.1 Å². The van der Waals surface area contributed by atoms with Crippen LogP contribution in [0.3, 0.4) is 0 Å². The maximum Gasteiger partial charge on any atom is 0.255 e. The van der Waals surface area contributed by atoms with Gasteiger partial charge >= 0.3 is 0 Å². The first-order valence-corrected chi connectivity index (χ1v) is 12.2. The van der Waals surface area contributed by atoms with E-state index in [4.69, 9.17) is 15.2 Å². The first kappa shape index (κ1) is 24.7. The third kappa shape index (κ3) is 5.72. The Hall–Kier alpha value is -3.98. The molecular weight excluding hydrogens is 480 g/mol. The second-order valence-corrected chi connectivity index (χ2v) is 9.38. The molecule has 3 aromatic rings. The first-order valence-electron chi connectivity index (χ1n) is 12.2. The van der Waals surface area contributed by atoms with Crippen LogP contribution in [0.15, 0.2) is 60.7 Å². The molecule has 0 unspecified atom stereocenters. The lowest BCUT2D eigenvalue weighted by molar-refractivity contribution is 0.0605. The van der Waals surface area contributed by atoms with E-state index in [1.165, 1.54) is 0 Å². The number of hydrogen-bond acceptors (Lipinski definition) is 5.